The fourth-order valence-corrected chi connectivity index (χ4v) is 8.23. The van der Waals surface area contributed by atoms with Gasteiger partial charge in [-0.15, -0.1) is 11.3 Å². The number of nitrogens with one attached hydrogen (secondary N) is 1. The van der Waals surface area contributed by atoms with Gasteiger partial charge in [-0.2, -0.15) is 0 Å². The van der Waals surface area contributed by atoms with E-state index in [1.165, 1.54) is 29.8 Å². The van der Waals surface area contributed by atoms with Gasteiger partial charge in [0.25, 0.3) is 0 Å². The van der Waals surface area contributed by atoms with Crippen LogP contribution in [-0.2, 0) is 33.8 Å². The van der Waals surface area contributed by atoms with Crippen molar-refractivity contribution in [3.63, 3.8) is 0 Å². The van der Waals surface area contributed by atoms with Crippen LogP contribution >= 0.6 is 22.9 Å². The van der Waals surface area contributed by atoms with Crippen LogP contribution < -0.4 is 19.5 Å². The second-order valence-electron chi connectivity index (χ2n) is 13.4. The van der Waals surface area contributed by atoms with E-state index in [0.717, 1.165) is 16.0 Å². The summed E-state index contributed by atoms with van der Waals surface area (Å²) in [5.74, 6) is 0.391. The molecule has 7 aromatic rings. The van der Waals surface area contributed by atoms with Crippen LogP contribution in [0.2, 0.25) is 5.02 Å². The van der Waals surface area contributed by atoms with Crippen LogP contribution in [0.15, 0.2) is 97.5 Å². The molecule has 1 amide bonds. The van der Waals surface area contributed by atoms with Crippen LogP contribution in [0.25, 0.3) is 43.2 Å². The lowest BCUT2D eigenvalue weighted by Crippen LogP contribution is -2.32. The molecule has 4 aromatic carbocycles. The molecule has 1 N–H and O–H groups in total. The molecular formula is C44H35ClFN5O6S. The van der Waals surface area contributed by atoms with Crippen LogP contribution in [0.3, 0.4) is 0 Å². The Bertz CT molecular complexity index is 2690. The van der Waals surface area contributed by atoms with Crippen molar-refractivity contribution in [2.45, 2.75) is 39.4 Å². The van der Waals surface area contributed by atoms with Gasteiger partial charge in [-0.1, -0.05) is 54.1 Å². The Morgan fingerprint density at radius 2 is 1.83 bits per heavy atom. The summed E-state index contributed by atoms with van der Waals surface area (Å²) in [5, 5.41) is 3.84. The molecule has 0 saturated carbocycles. The summed E-state index contributed by atoms with van der Waals surface area (Å²) >= 11 is 8.36. The van der Waals surface area contributed by atoms with Crippen LogP contribution in [0, 0.1) is 12.7 Å². The SMILES string of the molecule is CCOC(=O)[C@H]1Cc2cc(ccc2OCc2ccnc(-c3ccccc3OC)n2)CC(=O)Nc2ccc(c(C)c2Cl)-c2c(-c3ccc(F)cc3)sc3ncnc(c23)O1. The molecule has 3 aromatic heterocycles. The Kier molecular flexibility index (Phi) is 11.0. The molecule has 0 aliphatic carbocycles. The number of hydrogen-bond acceptors (Lipinski definition) is 11. The second kappa shape index (κ2) is 16.6. The molecule has 0 spiro atoms. The van der Waals surface area contributed by atoms with Crippen LogP contribution in [0.5, 0.6) is 17.4 Å². The smallest absolute Gasteiger partial charge is 0.347 e. The summed E-state index contributed by atoms with van der Waals surface area (Å²) in [7, 11) is 1.59. The first-order chi connectivity index (χ1) is 28.2. The maximum absolute atomic E-state index is 14.1. The van der Waals surface area contributed by atoms with Gasteiger partial charge in [0.15, 0.2) is 5.82 Å². The molecule has 1 atom stereocenters. The predicted molar refractivity (Wildman–Crippen MR) is 220 cm³/mol. The average molecular weight is 816 g/mol. The Morgan fingerprint density at radius 1 is 1.00 bits per heavy atom. The molecule has 11 nitrogen and oxygen atoms in total. The zero-order valence-electron chi connectivity index (χ0n) is 31.5. The summed E-state index contributed by atoms with van der Waals surface area (Å²) in [6, 6.07) is 24.3. The van der Waals surface area contributed by atoms with Gasteiger partial charge >= 0.3 is 5.97 Å². The normalized spacial score (nSPS) is 13.8. The van der Waals surface area contributed by atoms with E-state index in [-0.39, 0.29) is 43.7 Å². The van der Waals surface area contributed by atoms with Gasteiger partial charge in [0.2, 0.25) is 17.9 Å². The van der Waals surface area contributed by atoms with Crippen LogP contribution in [0.4, 0.5) is 10.1 Å². The minimum atomic E-state index is -1.21. The zero-order valence-corrected chi connectivity index (χ0v) is 33.1. The molecule has 292 valence electrons. The van der Waals surface area contributed by atoms with Gasteiger partial charge in [0.1, 0.15) is 35.1 Å². The summed E-state index contributed by atoms with van der Waals surface area (Å²) in [6.07, 6.45) is 1.82. The van der Waals surface area contributed by atoms with Gasteiger partial charge in [-0.3, -0.25) is 4.79 Å². The van der Waals surface area contributed by atoms with E-state index in [1.54, 1.807) is 56.6 Å². The maximum Gasteiger partial charge on any atom is 0.347 e. The van der Waals surface area contributed by atoms with Crippen molar-refractivity contribution in [3.05, 3.63) is 131 Å². The van der Waals surface area contributed by atoms with E-state index < -0.39 is 12.1 Å². The van der Waals surface area contributed by atoms with Crippen molar-refractivity contribution in [2.75, 3.05) is 19.0 Å². The molecule has 14 heteroatoms. The first-order valence-electron chi connectivity index (χ1n) is 18.4. The summed E-state index contributed by atoms with van der Waals surface area (Å²) < 4.78 is 38.2. The maximum atomic E-state index is 14.1. The lowest BCUT2D eigenvalue weighted by Gasteiger charge is -2.21. The Morgan fingerprint density at radius 3 is 2.64 bits per heavy atom. The van der Waals surface area contributed by atoms with Crippen molar-refractivity contribution < 1.29 is 32.9 Å². The van der Waals surface area contributed by atoms with Gasteiger partial charge in [-0.05, 0) is 84.1 Å². The Balaban J connectivity index is 1.23. The van der Waals surface area contributed by atoms with Crippen LogP contribution in [-0.4, -0.2) is 51.6 Å². The quantitative estimate of drug-likeness (QED) is 0.148. The number of fused-ring (bicyclic) bond motifs is 6. The molecule has 5 heterocycles. The number of methoxy groups -OCH3 is 1. The van der Waals surface area contributed by atoms with Gasteiger partial charge in [0.05, 0.1) is 47.5 Å². The van der Waals surface area contributed by atoms with E-state index in [4.69, 9.17) is 35.5 Å². The highest BCUT2D eigenvalue weighted by Crippen LogP contribution is 2.49. The van der Waals surface area contributed by atoms with Crippen LogP contribution in [0.1, 0.15) is 29.3 Å². The third-order valence-electron chi connectivity index (χ3n) is 9.62. The highest BCUT2D eigenvalue weighted by molar-refractivity contribution is 7.22. The molecule has 0 unspecified atom stereocenters. The van der Waals surface area contributed by atoms with E-state index in [9.17, 15) is 14.0 Å². The van der Waals surface area contributed by atoms with E-state index in [2.05, 4.69) is 20.3 Å². The number of rotatable bonds is 8. The lowest BCUT2D eigenvalue weighted by molar-refractivity contribution is -0.151. The number of halogens is 2. The third-order valence-corrected chi connectivity index (χ3v) is 11.3. The monoisotopic (exact) mass is 815 g/mol. The summed E-state index contributed by atoms with van der Waals surface area (Å²) in [5.41, 5.74) is 5.80. The number of esters is 1. The number of carbonyl (C=O) groups is 2. The zero-order chi connectivity index (χ0) is 40.3. The first kappa shape index (κ1) is 38.4. The second-order valence-corrected chi connectivity index (χ2v) is 14.7. The first-order valence-corrected chi connectivity index (χ1v) is 19.6. The number of carbonyl (C=O) groups excluding carboxylic acids is 2. The minimum Gasteiger partial charge on any atom is -0.496 e. The number of nitrogens with zero attached hydrogens (tertiary/aromatic N) is 4. The summed E-state index contributed by atoms with van der Waals surface area (Å²) in [6.45, 7) is 3.73. The predicted octanol–water partition coefficient (Wildman–Crippen LogP) is 9.22. The van der Waals surface area contributed by atoms with Gasteiger partial charge < -0.3 is 24.3 Å². The highest BCUT2D eigenvalue weighted by Gasteiger charge is 2.30. The molecule has 4 bridgehead atoms. The number of amides is 1. The summed E-state index contributed by atoms with van der Waals surface area (Å²) in [4.78, 5) is 47.0. The van der Waals surface area contributed by atoms with Crippen molar-refractivity contribution in [1.82, 2.24) is 19.9 Å². The number of thiophene rings is 1. The molecule has 2 aliphatic rings. The number of ether oxygens (including phenoxy) is 4. The lowest BCUT2D eigenvalue weighted by atomic mass is 9.95. The van der Waals surface area contributed by atoms with E-state index >= 15 is 0 Å². The number of aromatic nitrogens is 4. The minimum absolute atomic E-state index is 0.000553. The van der Waals surface area contributed by atoms with Gasteiger partial charge in [0, 0.05) is 23.1 Å². The number of hydrogen-bond donors (Lipinski definition) is 1. The average Bonchev–Trinajstić information content (AvgIpc) is 3.62. The van der Waals surface area contributed by atoms with Crippen molar-refractivity contribution in [3.8, 4) is 50.3 Å². The van der Waals surface area contributed by atoms with E-state index in [1.807, 2.05) is 43.3 Å². The number of anilines is 1. The Labute approximate surface area is 341 Å². The van der Waals surface area contributed by atoms with Gasteiger partial charge in [-0.25, -0.2) is 29.1 Å². The molecular weight excluding hydrogens is 781 g/mol. The topological polar surface area (TPSA) is 135 Å². The van der Waals surface area contributed by atoms with Crippen molar-refractivity contribution in [2.24, 2.45) is 0 Å². The highest BCUT2D eigenvalue weighted by atomic mass is 35.5. The number of para-hydroxylation sites is 1. The van der Waals surface area contributed by atoms with Crippen molar-refractivity contribution >= 4 is 50.7 Å². The fraction of sp³-hybridized carbons (Fsp3) is 0.182. The van der Waals surface area contributed by atoms with Crippen molar-refractivity contribution in [1.29, 1.82) is 0 Å². The molecule has 2 aliphatic heterocycles. The molecule has 0 saturated heterocycles. The number of benzene rings is 4. The van der Waals surface area contributed by atoms with E-state index in [0.29, 0.717) is 71.8 Å². The molecule has 58 heavy (non-hydrogen) atoms. The molecule has 0 fully saturated rings. The standard InChI is InChI=1S/C44H35ClFN5O6S/c1-4-55-44(53)35-21-27-19-25(9-16-33(27)56-22-29-17-18-47-41(50-29)31-7-5-6-8-34(31)54-3)20-36(52)51-32-15-14-30(24(2)39(32)45)37-38-42(57-35)48-23-49-43(38)58-40(37)26-10-12-28(46)13-11-26/h5-19,23,35H,4,20-22H2,1-3H3,(H,51,52)/t35-/m1/s1. The fourth-order valence-electron chi connectivity index (χ4n) is 6.86. The largest absolute Gasteiger partial charge is 0.496 e. The Hall–Kier alpha value is -6.44. The third kappa shape index (κ3) is 7.78. The molecule has 0 radical (unpaired) electrons. The molecule has 9 rings (SSSR count).